The molecule has 0 spiro atoms. The average Bonchev–Trinajstić information content (AvgIpc) is 2.36. The summed E-state index contributed by atoms with van der Waals surface area (Å²) in [6.45, 7) is 1.90. The first-order valence-electron chi connectivity index (χ1n) is 5.70. The van der Waals surface area contributed by atoms with Crippen molar-refractivity contribution in [2.75, 3.05) is 0 Å². The Hall–Kier alpha value is -0.940. The molecule has 5 heteroatoms. The van der Waals surface area contributed by atoms with Crippen LogP contribution in [0.4, 0.5) is 4.39 Å². The maximum atomic E-state index is 14.0. The maximum Gasteiger partial charge on any atom is 0.128 e. The Balaban J connectivity index is 2.52. The number of hydrogen-bond acceptors (Lipinski definition) is 2. The van der Waals surface area contributed by atoms with Crippen molar-refractivity contribution in [1.29, 1.82) is 0 Å². The van der Waals surface area contributed by atoms with E-state index in [9.17, 15) is 4.39 Å². The van der Waals surface area contributed by atoms with Gasteiger partial charge in [0.2, 0.25) is 0 Å². The normalized spacial score (nSPS) is 12.5. The van der Waals surface area contributed by atoms with Crippen LogP contribution in [0.15, 0.2) is 40.9 Å². The van der Waals surface area contributed by atoms with Crippen LogP contribution in [0.1, 0.15) is 22.7 Å². The topological polar surface area (TPSA) is 38.0 Å². The number of nitrogens with two attached hydrogens (primary N) is 1. The lowest BCUT2D eigenvalue weighted by Crippen LogP contribution is -2.29. The fourth-order valence-electron chi connectivity index (χ4n) is 1.97. The summed E-state index contributed by atoms with van der Waals surface area (Å²) in [4.78, 5) is 0. The zero-order valence-electron chi connectivity index (χ0n) is 10.3. The van der Waals surface area contributed by atoms with Gasteiger partial charge in [-0.05, 0) is 30.7 Å². The van der Waals surface area contributed by atoms with Crippen molar-refractivity contribution in [3.8, 4) is 0 Å². The highest BCUT2D eigenvalue weighted by Crippen LogP contribution is 2.31. The first-order valence-corrected chi connectivity index (χ1v) is 6.87. The van der Waals surface area contributed by atoms with Gasteiger partial charge in [-0.2, -0.15) is 0 Å². The van der Waals surface area contributed by atoms with E-state index in [1.165, 1.54) is 6.07 Å². The molecule has 19 heavy (non-hydrogen) atoms. The molecular weight excluding hydrogens is 331 g/mol. The van der Waals surface area contributed by atoms with Crippen LogP contribution in [0.5, 0.6) is 0 Å². The van der Waals surface area contributed by atoms with E-state index in [4.69, 9.17) is 17.4 Å². The van der Waals surface area contributed by atoms with Crippen molar-refractivity contribution in [2.45, 2.75) is 13.0 Å². The van der Waals surface area contributed by atoms with Gasteiger partial charge < -0.3 is 0 Å². The Morgan fingerprint density at radius 2 is 1.95 bits per heavy atom. The molecule has 3 N–H and O–H groups in total. The molecule has 2 aromatic rings. The number of benzene rings is 2. The summed E-state index contributed by atoms with van der Waals surface area (Å²) < 4.78 is 14.8. The Bertz CT molecular complexity index is 604. The summed E-state index contributed by atoms with van der Waals surface area (Å²) in [5.74, 6) is 5.26. The van der Waals surface area contributed by atoms with Crippen molar-refractivity contribution in [1.82, 2.24) is 5.43 Å². The van der Waals surface area contributed by atoms with Crippen LogP contribution in [0.3, 0.4) is 0 Å². The number of halogens is 3. The highest BCUT2D eigenvalue weighted by atomic mass is 79.9. The van der Waals surface area contributed by atoms with Crippen LogP contribution in [0, 0.1) is 12.7 Å². The van der Waals surface area contributed by atoms with Crippen LogP contribution < -0.4 is 11.3 Å². The molecule has 0 aromatic heterocycles. The van der Waals surface area contributed by atoms with Gasteiger partial charge in [0.15, 0.2) is 0 Å². The predicted molar refractivity (Wildman–Crippen MR) is 79.5 cm³/mol. The first-order chi connectivity index (χ1) is 9.02. The molecule has 100 valence electrons. The second-order valence-electron chi connectivity index (χ2n) is 4.29. The van der Waals surface area contributed by atoms with E-state index in [1.807, 2.05) is 19.1 Å². The molecule has 2 nitrogen and oxygen atoms in total. The summed E-state index contributed by atoms with van der Waals surface area (Å²) in [5, 5.41) is 0.526. The molecule has 0 radical (unpaired) electrons. The molecule has 1 atom stereocenters. The third-order valence-electron chi connectivity index (χ3n) is 2.90. The zero-order valence-corrected chi connectivity index (χ0v) is 12.6. The predicted octanol–water partition coefficient (Wildman–Crippen LogP) is 4.10. The number of aryl methyl sites for hydroxylation is 1. The van der Waals surface area contributed by atoms with Gasteiger partial charge in [0, 0.05) is 15.1 Å². The molecule has 0 saturated carbocycles. The molecule has 0 aliphatic heterocycles. The van der Waals surface area contributed by atoms with Crippen molar-refractivity contribution in [3.63, 3.8) is 0 Å². The highest BCUT2D eigenvalue weighted by Gasteiger charge is 2.19. The SMILES string of the molecule is Cc1ccc(F)c(C(NN)c2ccc(Br)cc2Cl)c1. The average molecular weight is 344 g/mol. The van der Waals surface area contributed by atoms with E-state index in [0.29, 0.717) is 10.6 Å². The Labute approximate surface area is 124 Å². The molecular formula is C14H13BrClFN2. The monoisotopic (exact) mass is 342 g/mol. The number of hydrazine groups is 1. The van der Waals surface area contributed by atoms with Crippen LogP contribution in [0.2, 0.25) is 5.02 Å². The molecule has 0 saturated heterocycles. The van der Waals surface area contributed by atoms with Gasteiger partial charge in [-0.1, -0.05) is 51.3 Å². The van der Waals surface area contributed by atoms with E-state index in [1.54, 1.807) is 18.2 Å². The Morgan fingerprint density at radius 3 is 2.58 bits per heavy atom. The van der Waals surface area contributed by atoms with Crippen molar-refractivity contribution in [3.05, 3.63) is 68.4 Å². The van der Waals surface area contributed by atoms with Crippen LogP contribution in [-0.4, -0.2) is 0 Å². The number of rotatable bonds is 3. The van der Waals surface area contributed by atoms with Gasteiger partial charge >= 0.3 is 0 Å². The lowest BCUT2D eigenvalue weighted by Gasteiger charge is -2.19. The lowest BCUT2D eigenvalue weighted by molar-refractivity contribution is 0.559. The minimum atomic E-state index is -0.486. The third-order valence-corrected chi connectivity index (χ3v) is 3.72. The fraction of sp³-hybridized carbons (Fsp3) is 0.143. The van der Waals surface area contributed by atoms with Gasteiger partial charge in [-0.25, -0.2) is 9.82 Å². The molecule has 0 heterocycles. The van der Waals surface area contributed by atoms with Crippen molar-refractivity contribution >= 4 is 27.5 Å². The zero-order chi connectivity index (χ0) is 14.0. The molecule has 0 bridgehead atoms. The molecule has 0 aliphatic carbocycles. The Morgan fingerprint density at radius 1 is 1.21 bits per heavy atom. The largest absolute Gasteiger partial charge is 0.271 e. The smallest absolute Gasteiger partial charge is 0.128 e. The van der Waals surface area contributed by atoms with Gasteiger partial charge in [-0.15, -0.1) is 0 Å². The minimum Gasteiger partial charge on any atom is -0.271 e. The fourth-order valence-corrected chi connectivity index (χ4v) is 2.75. The third kappa shape index (κ3) is 3.15. The lowest BCUT2D eigenvalue weighted by atomic mass is 9.97. The summed E-state index contributed by atoms with van der Waals surface area (Å²) in [7, 11) is 0. The minimum absolute atomic E-state index is 0.312. The van der Waals surface area contributed by atoms with E-state index >= 15 is 0 Å². The first kappa shape index (κ1) is 14.5. The standard InChI is InChI=1S/C14H13BrClFN2/c1-8-2-5-13(17)11(6-8)14(19-18)10-4-3-9(15)7-12(10)16/h2-7,14,19H,18H2,1H3. The number of hydrogen-bond donors (Lipinski definition) is 2. The molecule has 0 amide bonds. The highest BCUT2D eigenvalue weighted by molar-refractivity contribution is 9.10. The molecule has 1 unspecified atom stereocenters. The van der Waals surface area contributed by atoms with Crippen LogP contribution in [-0.2, 0) is 0 Å². The summed E-state index contributed by atoms with van der Waals surface area (Å²) in [6, 6.07) is 9.85. The van der Waals surface area contributed by atoms with Gasteiger partial charge in [-0.3, -0.25) is 5.84 Å². The summed E-state index contributed by atoms with van der Waals surface area (Å²) in [5.41, 5.74) is 4.80. The second-order valence-corrected chi connectivity index (χ2v) is 5.61. The van der Waals surface area contributed by atoms with Gasteiger partial charge in [0.1, 0.15) is 5.82 Å². The van der Waals surface area contributed by atoms with Crippen molar-refractivity contribution < 1.29 is 4.39 Å². The van der Waals surface area contributed by atoms with E-state index in [2.05, 4.69) is 21.4 Å². The molecule has 2 aromatic carbocycles. The molecule has 0 aliphatic rings. The maximum absolute atomic E-state index is 14.0. The molecule has 0 fully saturated rings. The second kappa shape index (κ2) is 6.01. The molecule has 2 rings (SSSR count). The summed E-state index contributed by atoms with van der Waals surface area (Å²) in [6.07, 6.45) is 0. The quantitative estimate of drug-likeness (QED) is 0.650. The van der Waals surface area contributed by atoms with E-state index < -0.39 is 6.04 Å². The Kier molecular flexibility index (Phi) is 4.58. The summed E-state index contributed by atoms with van der Waals surface area (Å²) >= 11 is 9.54. The van der Waals surface area contributed by atoms with Crippen LogP contribution in [0.25, 0.3) is 0 Å². The van der Waals surface area contributed by atoms with Gasteiger partial charge in [0.25, 0.3) is 0 Å². The van der Waals surface area contributed by atoms with E-state index in [-0.39, 0.29) is 5.82 Å². The van der Waals surface area contributed by atoms with Gasteiger partial charge in [0.05, 0.1) is 6.04 Å². The van der Waals surface area contributed by atoms with Crippen molar-refractivity contribution in [2.24, 2.45) is 5.84 Å². The van der Waals surface area contributed by atoms with E-state index in [0.717, 1.165) is 15.6 Å². The number of nitrogens with one attached hydrogen (secondary N) is 1. The van der Waals surface area contributed by atoms with Crippen LogP contribution >= 0.6 is 27.5 Å².